The van der Waals surface area contributed by atoms with E-state index in [1.807, 2.05) is 0 Å². The molecular formula is C19H32BrN. The predicted octanol–water partition coefficient (Wildman–Crippen LogP) is 6.55. The normalized spacial score (nSPS) is 12.6. The fourth-order valence-electron chi connectivity index (χ4n) is 2.73. The smallest absolute Gasteiger partial charge is 0.0331 e. The number of halogens is 1. The fourth-order valence-corrected chi connectivity index (χ4v) is 3.50. The first-order chi connectivity index (χ1) is 10.2. The maximum atomic E-state index is 3.74. The topological polar surface area (TPSA) is 12.0 Å². The SMILES string of the molecule is CCCCCCCCC(NCCC)c1ccc(C)cc1Br. The van der Waals surface area contributed by atoms with Gasteiger partial charge in [0.2, 0.25) is 0 Å². The predicted molar refractivity (Wildman–Crippen MR) is 97.9 cm³/mol. The highest BCUT2D eigenvalue weighted by molar-refractivity contribution is 9.10. The van der Waals surface area contributed by atoms with Crippen LogP contribution in [0, 0.1) is 6.92 Å². The molecule has 1 unspecified atom stereocenters. The molecule has 0 amide bonds. The minimum atomic E-state index is 0.492. The molecule has 0 bridgehead atoms. The van der Waals surface area contributed by atoms with Gasteiger partial charge in [0.05, 0.1) is 0 Å². The summed E-state index contributed by atoms with van der Waals surface area (Å²) in [6.07, 6.45) is 10.6. The molecule has 0 radical (unpaired) electrons. The van der Waals surface area contributed by atoms with Crippen LogP contribution < -0.4 is 5.32 Å². The summed E-state index contributed by atoms with van der Waals surface area (Å²) in [5.41, 5.74) is 2.74. The highest BCUT2D eigenvalue weighted by Crippen LogP contribution is 2.28. The Labute approximate surface area is 140 Å². The van der Waals surface area contributed by atoms with Crippen molar-refractivity contribution in [1.82, 2.24) is 5.32 Å². The molecule has 0 aromatic heterocycles. The number of aryl methyl sites for hydroxylation is 1. The summed E-state index contributed by atoms with van der Waals surface area (Å²) in [6.45, 7) is 7.76. The van der Waals surface area contributed by atoms with Gasteiger partial charge in [-0.2, -0.15) is 0 Å². The van der Waals surface area contributed by atoms with Gasteiger partial charge in [-0.3, -0.25) is 0 Å². The zero-order valence-electron chi connectivity index (χ0n) is 14.1. The molecule has 0 saturated heterocycles. The monoisotopic (exact) mass is 353 g/mol. The molecule has 0 fully saturated rings. The van der Waals surface area contributed by atoms with Crippen LogP contribution in [0.2, 0.25) is 0 Å². The molecule has 0 heterocycles. The lowest BCUT2D eigenvalue weighted by Crippen LogP contribution is -2.22. The largest absolute Gasteiger partial charge is 0.310 e. The average molecular weight is 354 g/mol. The first-order valence-electron chi connectivity index (χ1n) is 8.68. The van der Waals surface area contributed by atoms with Gasteiger partial charge in [-0.25, -0.2) is 0 Å². The van der Waals surface area contributed by atoms with Crippen LogP contribution in [-0.2, 0) is 0 Å². The maximum absolute atomic E-state index is 3.74. The average Bonchev–Trinajstić information content (AvgIpc) is 2.46. The van der Waals surface area contributed by atoms with Gasteiger partial charge in [0.1, 0.15) is 0 Å². The Kier molecular flexibility index (Phi) is 10.0. The van der Waals surface area contributed by atoms with Crippen molar-refractivity contribution < 1.29 is 0 Å². The molecule has 0 saturated carbocycles. The van der Waals surface area contributed by atoms with Crippen molar-refractivity contribution in [2.75, 3.05) is 6.54 Å². The molecule has 21 heavy (non-hydrogen) atoms. The van der Waals surface area contributed by atoms with Gasteiger partial charge < -0.3 is 5.32 Å². The van der Waals surface area contributed by atoms with E-state index >= 15 is 0 Å². The van der Waals surface area contributed by atoms with Gasteiger partial charge in [-0.05, 0) is 43.5 Å². The van der Waals surface area contributed by atoms with Crippen LogP contribution in [0.15, 0.2) is 22.7 Å². The molecule has 1 rings (SSSR count). The van der Waals surface area contributed by atoms with Gasteiger partial charge in [0.15, 0.2) is 0 Å². The van der Waals surface area contributed by atoms with E-state index in [0.29, 0.717) is 6.04 Å². The third-order valence-corrected chi connectivity index (χ3v) is 4.71. The molecule has 1 atom stereocenters. The van der Waals surface area contributed by atoms with E-state index in [1.165, 1.54) is 67.0 Å². The van der Waals surface area contributed by atoms with Gasteiger partial charge in [0.25, 0.3) is 0 Å². The summed E-state index contributed by atoms with van der Waals surface area (Å²) in [5.74, 6) is 0. The van der Waals surface area contributed by atoms with Crippen molar-refractivity contribution in [3.8, 4) is 0 Å². The number of hydrogen-bond donors (Lipinski definition) is 1. The molecule has 1 nitrogen and oxygen atoms in total. The molecule has 1 N–H and O–H groups in total. The van der Waals surface area contributed by atoms with Crippen LogP contribution in [0.4, 0.5) is 0 Å². The molecule has 0 aliphatic carbocycles. The maximum Gasteiger partial charge on any atom is 0.0331 e. The highest BCUT2D eigenvalue weighted by atomic mass is 79.9. The van der Waals surface area contributed by atoms with E-state index in [2.05, 4.69) is 60.2 Å². The van der Waals surface area contributed by atoms with Crippen LogP contribution in [-0.4, -0.2) is 6.54 Å². The minimum absolute atomic E-state index is 0.492. The Morgan fingerprint density at radius 2 is 1.71 bits per heavy atom. The minimum Gasteiger partial charge on any atom is -0.310 e. The Morgan fingerprint density at radius 3 is 2.38 bits per heavy atom. The second-order valence-corrected chi connectivity index (χ2v) is 6.94. The summed E-state index contributed by atoms with van der Waals surface area (Å²) in [6, 6.07) is 7.23. The number of nitrogens with one attached hydrogen (secondary N) is 1. The Morgan fingerprint density at radius 1 is 1.00 bits per heavy atom. The lowest BCUT2D eigenvalue weighted by molar-refractivity contribution is 0.465. The third kappa shape index (κ3) is 7.46. The van der Waals surface area contributed by atoms with E-state index in [-0.39, 0.29) is 0 Å². The second kappa shape index (κ2) is 11.3. The molecule has 0 aliphatic rings. The van der Waals surface area contributed by atoms with Crippen molar-refractivity contribution in [2.24, 2.45) is 0 Å². The van der Waals surface area contributed by atoms with Crippen molar-refractivity contribution in [3.05, 3.63) is 33.8 Å². The quantitative estimate of drug-likeness (QED) is 0.444. The van der Waals surface area contributed by atoms with E-state index in [0.717, 1.165) is 6.54 Å². The first-order valence-corrected chi connectivity index (χ1v) is 9.47. The van der Waals surface area contributed by atoms with Crippen LogP contribution in [0.1, 0.15) is 82.4 Å². The van der Waals surface area contributed by atoms with Crippen molar-refractivity contribution in [2.45, 2.75) is 78.2 Å². The van der Waals surface area contributed by atoms with Gasteiger partial charge >= 0.3 is 0 Å². The van der Waals surface area contributed by atoms with Crippen LogP contribution in [0.5, 0.6) is 0 Å². The van der Waals surface area contributed by atoms with Crippen LogP contribution >= 0.6 is 15.9 Å². The number of hydrogen-bond acceptors (Lipinski definition) is 1. The number of rotatable bonds is 11. The van der Waals surface area contributed by atoms with Crippen LogP contribution in [0.3, 0.4) is 0 Å². The van der Waals surface area contributed by atoms with Gasteiger partial charge in [-0.1, -0.05) is 80.4 Å². The lowest BCUT2D eigenvalue weighted by atomic mass is 9.98. The lowest BCUT2D eigenvalue weighted by Gasteiger charge is -2.21. The Balaban J connectivity index is 2.50. The second-order valence-electron chi connectivity index (χ2n) is 6.09. The number of unbranched alkanes of at least 4 members (excludes halogenated alkanes) is 5. The molecule has 0 spiro atoms. The van der Waals surface area contributed by atoms with E-state index in [1.54, 1.807) is 0 Å². The molecule has 0 aliphatic heterocycles. The Bertz CT molecular complexity index is 389. The van der Waals surface area contributed by atoms with Crippen LogP contribution in [0.25, 0.3) is 0 Å². The van der Waals surface area contributed by atoms with Gasteiger partial charge in [-0.15, -0.1) is 0 Å². The zero-order valence-corrected chi connectivity index (χ0v) is 15.6. The zero-order chi connectivity index (χ0) is 15.5. The van der Waals surface area contributed by atoms with Crippen molar-refractivity contribution in [1.29, 1.82) is 0 Å². The summed E-state index contributed by atoms with van der Waals surface area (Å²) in [4.78, 5) is 0. The summed E-state index contributed by atoms with van der Waals surface area (Å²) >= 11 is 3.74. The highest BCUT2D eigenvalue weighted by Gasteiger charge is 2.13. The van der Waals surface area contributed by atoms with E-state index in [9.17, 15) is 0 Å². The first kappa shape index (κ1) is 18.7. The fraction of sp³-hybridized carbons (Fsp3) is 0.684. The third-order valence-electron chi connectivity index (χ3n) is 4.02. The van der Waals surface area contributed by atoms with Crippen molar-refractivity contribution in [3.63, 3.8) is 0 Å². The van der Waals surface area contributed by atoms with E-state index in [4.69, 9.17) is 0 Å². The number of benzene rings is 1. The molecular weight excluding hydrogens is 322 g/mol. The summed E-state index contributed by atoms with van der Waals surface area (Å²) in [7, 11) is 0. The molecule has 1 aromatic rings. The van der Waals surface area contributed by atoms with Gasteiger partial charge in [0, 0.05) is 10.5 Å². The standard InChI is InChI=1S/C19H32BrN/c1-4-6-7-8-9-10-11-19(21-14-5-2)17-13-12-16(3)15-18(17)20/h12-13,15,19,21H,4-11,14H2,1-3H3. The molecule has 2 heteroatoms. The Hall–Kier alpha value is -0.340. The van der Waals surface area contributed by atoms with Crippen molar-refractivity contribution >= 4 is 15.9 Å². The summed E-state index contributed by atoms with van der Waals surface area (Å²) < 4.78 is 1.25. The van der Waals surface area contributed by atoms with E-state index < -0.39 is 0 Å². The molecule has 1 aromatic carbocycles. The summed E-state index contributed by atoms with van der Waals surface area (Å²) in [5, 5.41) is 3.72. The molecule has 120 valence electrons.